The molecular weight excluding hydrogens is 375 g/mol. The first-order valence-electron chi connectivity index (χ1n) is 7.74. The Balaban J connectivity index is 1.94. The van der Waals surface area contributed by atoms with Crippen molar-refractivity contribution >= 4 is 52.4 Å². The van der Waals surface area contributed by atoms with Gasteiger partial charge in [0.1, 0.15) is 0 Å². The molecule has 1 aliphatic rings. The number of hydrogen-bond donors (Lipinski definition) is 1. The van der Waals surface area contributed by atoms with Crippen molar-refractivity contribution in [1.29, 1.82) is 0 Å². The van der Waals surface area contributed by atoms with Crippen LogP contribution in [0.2, 0.25) is 15.1 Å². The van der Waals surface area contributed by atoms with Crippen LogP contribution in [0.4, 0.5) is 5.69 Å². The second-order valence-electron chi connectivity index (χ2n) is 5.62. The average Bonchev–Trinajstić information content (AvgIpc) is 2.51. The van der Waals surface area contributed by atoms with Crippen LogP contribution in [-0.2, 0) is 14.3 Å². The lowest BCUT2D eigenvalue weighted by Crippen LogP contribution is -2.43. The molecule has 1 heterocycles. The summed E-state index contributed by atoms with van der Waals surface area (Å²) >= 11 is 18.0. The summed E-state index contributed by atoms with van der Waals surface area (Å²) in [5.74, 6) is -0.633. The van der Waals surface area contributed by atoms with E-state index in [2.05, 4.69) is 5.32 Å². The standard InChI is InChI=1S/C16H19Cl3N2O3/c1-2-24-16(23)10-4-3-5-21(8-10)9-14(22)20-15-12(18)6-11(17)7-13(15)19/h6-7,10H,2-5,8-9H2,1H3,(H,20,22)/t10-/m1/s1. The van der Waals surface area contributed by atoms with Gasteiger partial charge in [-0.3, -0.25) is 14.5 Å². The van der Waals surface area contributed by atoms with E-state index in [0.717, 1.165) is 19.4 Å². The molecule has 1 amide bonds. The number of amides is 1. The smallest absolute Gasteiger partial charge is 0.310 e. The van der Waals surface area contributed by atoms with E-state index in [-0.39, 0.29) is 34.4 Å². The van der Waals surface area contributed by atoms with Gasteiger partial charge in [0.15, 0.2) is 0 Å². The molecule has 1 aromatic rings. The first-order chi connectivity index (χ1) is 11.4. The number of nitrogens with one attached hydrogen (secondary N) is 1. The van der Waals surface area contributed by atoms with E-state index in [1.54, 1.807) is 6.92 Å². The van der Waals surface area contributed by atoms with Crippen LogP contribution in [0.5, 0.6) is 0 Å². The molecular formula is C16H19Cl3N2O3. The molecule has 0 unspecified atom stereocenters. The predicted molar refractivity (Wildman–Crippen MR) is 95.9 cm³/mol. The number of benzene rings is 1. The van der Waals surface area contributed by atoms with Crippen molar-refractivity contribution in [1.82, 2.24) is 4.90 Å². The van der Waals surface area contributed by atoms with E-state index in [1.165, 1.54) is 12.1 Å². The number of likely N-dealkylation sites (tertiary alicyclic amines) is 1. The third kappa shape index (κ3) is 5.24. The van der Waals surface area contributed by atoms with E-state index in [4.69, 9.17) is 39.5 Å². The highest BCUT2D eigenvalue weighted by Crippen LogP contribution is 2.33. The van der Waals surface area contributed by atoms with E-state index in [0.29, 0.717) is 23.9 Å². The van der Waals surface area contributed by atoms with Gasteiger partial charge in [0.05, 0.1) is 34.8 Å². The molecule has 0 aliphatic carbocycles. The molecule has 2 rings (SSSR count). The zero-order valence-corrected chi connectivity index (χ0v) is 15.5. The van der Waals surface area contributed by atoms with Crippen molar-refractivity contribution in [2.45, 2.75) is 19.8 Å². The van der Waals surface area contributed by atoms with Crippen LogP contribution in [0.3, 0.4) is 0 Å². The average molecular weight is 394 g/mol. The number of anilines is 1. The molecule has 5 nitrogen and oxygen atoms in total. The van der Waals surface area contributed by atoms with E-state index < -0.39 is 0 Å². The fourth-order valence-corrected chi connectivity index (χ4v) is 3.61. The highest BCUT2D eigenvalue weighted by atomic mass is 35.5. The van der Waals surface area contributed by atoms with Gasteiger partial charge in [-0.2, -0.15) is 0 Å². The molecule has 0 saturated carbocycles. The van der Waals surface area contributed by atoms with Gasteiger partial charge in [-0.15, -0.1) is 0 Å². The summed E-state index contributed by atoms with van der Waals surface area (Å²) in [7, 11) is 0. The number of ether oxygens (including phenoxy) is 1. The zero-order chi connectivity index (χ0) is 17.7. The number of halogens is 3. The molecule has 0 aromatic heterocycles. The lowest BCUT2D eigenvalue weighted by Gasteiger charge is -2.30. The number of piperidine rings is 1. The van der Waals surface area contributed by atoms with Crippen LogP contribution < -0.4 is 5.32 Å². The summed E-state index contributed by atoms with van der Waals surface area (Å²) in [6.07, 6.45) is 1.63. The molecule has 0 radical (unpaired) electrons. The first-order valence-corrected chi connectivity index (χ1v) is 8.87. The third-order valence-corrected chi connectivity index (χ3v) is 4.58. The molecule has 1 aromatic carbocycles. The Bertz CT molecular complexity index is 602. The Kier molecular flexibility index (Phi) is 7.16. The minimum atomic E-state index is -0.245. The Morgan fingerprint density at radius 3 is 2.58 bits per heavy atom. The van der Waals surface area contributed by atoms with Gasteiger partial charge in [-0.05, 0) is 38.4 Å². The molecule has 8 heteroatoms. The SMILES string of the molecule is CCOC(=O)[C@@H]1CCCN(CC(=O)Nc2c(Cl)cc(Cl)cc2Cl)C1. The Labute approximate surface area is 156 Å². The van der Waals surface area contributed by atoms with Crippen LogP contribution in [0.1, 0.15) is 19.8 Å². The molecule has 24 heavy (non-hydrogen) atoms. The molecule has 1 atom stereocenters. The van der Waals surface area contributed by atoms with Crippen molar-refractivity contribution in [2.24, 2.45) is 5.92 Å². The van der Waals surface area contributed by atoms with Gasteiger partial charge >= 0.3 is 5.97 Å². The Morgan fingerprint density at radius 2 is 1.96 bits per heavy atom. The van der Waals surface area contributed by atoms with Crippen molar-refractivity contribution < 1.29 is 14.3 Å². The van der Waals surface area contributed by atoms with Gasteiger partial charge in [0.2, 0.25) is 5.91 Å². The zero-order valence-electron chi connectivity index (χ0n) is 13.3. The van der Waals surface area contributed by atoms with Crippen molar-refractivity contribution in [3.05, 3.63) is 27.2 Å². The van der Waals surface area contributed by atoms with Gasteiger partial charge in [0.25, 0.3) is 0 Å². The van der Waals surface area contributed by atoms with Crippen LogP contribution in [0, 0.1) is 5.92 Å². The summed E-state index contributed by atoms with van der Waals surface area (Å²) < 4.78 is 5.06. The maximum absolute atomic E-state index is 12.3. The second kappa shape index (κ2) is 8.90. The number of esters is 1. The predicted octanol–water partition coefficient (Wildman–Crippen LogP) is 3.86. The molecule has 1 aliphatic heterocycles. The number of hydrogen-bond acceptors (Lipinski definition) is 4. The van der Waals surface area contributed by atoms with Gasteiger partial charge in [0, 0.05) is 11.6 Å². The number of nitrogens with zero attached hydrogens (tertiary/aromatic N) is 1. The lowest BCUT2D eigenvalue weighted by atomic mass is 9.98. The van der Waals surface area contributed by atoms with Crippen molar-refractivity contribution in [3.63, 3.8) is 0 Å². The molecule has 0 spiro atoms. The van der Waals surface area contributed by atoms with Gasteiger partial charge in [-0.25, -0.2) is 0 Å². The minimum absolute atomic E-state index is 0.158. The second-order valence-corrected chi connectivity index (χ2v) is 6.87. The fourth-order valence-electron chi connectivity index (χ4n) is 2.70. The fraction of sp³-hybridized carbons (Fsp3) is 0.500. The van der Waals surface area contributed by atoms with E-state index in [1.807, 2.05) is 4.90 Å². The van der Waals surface area contributed by atoms with Crippen LogP contribution in [-0.4, -0.2) is 43.0 Å². The van der Waals surface area contributed by atoms with Crippen LogP contribution in [0.25, 0.3) is 0 Å². The highest BCUT2D eigenvalue weighted by Gasteiger charge is 2.28. The summed E-state index contributed by atoms with van der Waals surface area (Å²) in [6.45, 7) is 3.57. The molecule has 0 bridgehead atoms. The Hall–Kier alpha value is -1.01. The van der Waals surface area contributed by atoms with Crippen molar-refractivity contribution in [2.75, 3.05) is 31.6 Å². The maximum atomic E-state index is 12.3. The summed E-state index contributed by atoms with van der Waals surface area (Å²) in [5, 5.41) is 3.67. The van der Waals surface area contributed by atoms with E-state index >= 15 is 0 Å². The third-order valence-electron chi connectivity index (χ3n) is 3.76. The lowest BCUT2D eigenvalue weighted by molar-refractivity contribution is -0.150. The van der Waals surface area contributed by atoms with Crippen LogP contribution in [0.15, 0.2) is 12.1 Å². The molecule has 1 N–H and O–H groups in total. The topological polar surface area (TPSA) is 58.6 Å². The number of carbonyl (C=O) groups is 2. The monoisotopic (exact) mass is 392 g/mol. The molecule has 1 saturated heterocycles. The highest BCUT2D eigenvalue weighted by molar-refractivity contribution is 6.42. The summed E-state index contributed by atoms with van der Waals surface area (Å²) in [4.78, 5) is 26.0. The van der Waals surface area contributed by atoms with Crippen LogP contribution >= 0.6 is 34.8 Å². The largest absolute Gasteiger partial charge is 0.466 e. The van der Waals surface area contributed by atoms with Crippen molar-refractivity contribution in [3.8, 4) is 0 Å². The quantitative estimate of drug-likeness (QED) is 0.772. The van der Waals surface area contributed by atoms with Gasteiger partial charge in [-0.1, -0.05) is 34.8 Å². The van der Waals surface area contributed by atoms with Gasteiger partial charge < -0.3 is 10.1 Å². The maximum Gasteiger partial charge on any atom is 0.310 e. The minimum Gasteiger partial charge on any atom is -0.466 e. The number of rotatable bonds is 5. The van der Waals surface area contributed by atoms with E-state index in [9.17, 15) is 9.59 Å². The molecule has 1 fully saturated rings. The first kappa shape index (κ1) is 19.3. The summed E-state index contributed by atoms with van der Waals surface area (Å²) in [6, 6.07) is 3.03. The number of carbonyl (C=O) groups excluding carboxylic acids is 2. The Morgan fingerprint density at radius 1 is 1.29 bits per heavy atom. The normalized spacial score (nSPS) is 18.2. The summed E-state index contributed by atoms with van der Waals surface area (Å²) in [5.41, 5.74) is 0.340. The molecule has 132 valence electrons.